The summed E-state index contributed by atoms with van der Waals surface area (Å²) in [6, 6.07) is -0.0203. The number of aromatic nitrogens is 2. The van der Waals surface area contributed by atoms with E-state index < -0.39 is 10.0 Å². The molecule has 8 heteroatoms. The third-order valence-corrected chi connectivity index (χ3v) is 4.94. The maximum Gasteiger partial charge on any atom is 0.246 e. The van der Waals surface area contributed by atoms with Crippen LogP contribution in [0.25, 0.3) is 0 Å². The van der Waals surface area contributed by atoms with Crippen LogP contribution in [0.2, 0.25) is 0 Å². The van der Waals surface area contributed by atoms with Gasteiger partial charge in [0.25, 0.3) is 0 Å². The van der Waals surface area contributed by atoms with Gasteiger partial charge in [-0.2, -0.15) is 9.40 Å². The molecule has 1 saturated heterocycles. The highest BCUT2D eigenvalue weighted by Gasteiger charge is 2.32. The predicted molar refractivity (Wildman–Crippen MR) is 66.8 cm³/mol. The van der Waals surface area contributed by atoms with E-state index in [-0.39, 0.29) is 23.3 Å². The Morgan fingerprint density at radius 1 is 1.53 bits per heavy atom. The number of sulfonamides is 1. The van der Waals surface area contributed by atoms with Crippen LogP contribution in [0.5, 0.6) is 0 Å². The first-order valence-electron chi connectivity index (χ1n) is 5.26. The maximum atomic E-state index is 12.3. The van der Waals surface area contributed by atoms with Crippen LogP contribution in [0, 0.1) is 6.92 Å². The Morgan fingerprint density at radius 2 is 2.24 bits per heavy atom. The first-order valence-corrected chi connectivity index (χ1v) is 6.70. The molecule has 1 atom stereocenters. The van der Waals surface area contributed by atoms with Crippen molar-refractivity contribution in [2.24, 2.45) is 0 Å². The molecule has 1 aliphatic rings. The van der Waals surface area contributed by atoms with Gasteiger partial charge >= 0.3 is 0 Å². The van der Waals surface area contributed by atoms with Gasteiger partial charge in [0, 0.05) is 25.7 Å². The number of H-pyrrole nitrogens is 1. The van der Waals surface area contributed by atoms with Gasteiger partial charge in [-0.05, 0) is 13.8 Å². The molecule has 0 radical (unpaired) electrons. The number of aryl methyl sites for hydroxylation is 1. The molecule has 0 spiro atoms. The second-order valence-corrected chi connectivity index (χ2v) is 5.89. The maximum absolute atomic E-state index is 12.3. The minimum absolute atomic E-state index is 0. The van der Waals surface area contributed by atoms with Crippen molar-refractivity contribution in [1.29, 1.82) is 0 Å². The van der Waals surface area contributed by atoms with E-state index in [1.807, 2.05) is 6.92 Å². The van der Waals surface area contributed by atoms with Crippen molar-refractivity contribution in [3.63, 3.8) is 0 Å². The zero-order valence-electron chi connectivity index (χ0n) is 9.80. The summed E-state index contributed by atoms with van der Waals surface area (Å²) in [6.45, 7) is 5.51. The van der Waals surface area contributed by atoms with Crippen molar-refractivity contribution in [3.05, 3.63) is 11.9 Å². The largest absolute Gasteiger partial charge is 0.314 e. The third-order valence-electron chi connectivity index (χ3n) is 2.81. The average Bonchev–Trinajstić information content (AvgIpc) is 2.65. The summed E-state index contributed by atoms with van der Waals surface area (Å²) in [4.78, 5) is 0.279. The van der Waals surface area contributed by atoms with E-state index in [2.05, 4.69) is 15.5 Å². The van der Waals surface area contributed by atoms with Gasteiger partial charge in [-0.15, -0.1) is 12.4 Å². The van der Waals surface area contributed by atoms with Gasteiger partial charge in [0.05, 0.1) is 11.9 Å². The van der Waals surface area contributed by atoms with Crippen molar-refractivity contribution in [1.82, 2.24) is 19.8 Å². The molecule has 1 fully saturated rings. The first kappa shape index (κ1) is 14.4. The molecule has 17 heavy (non-hydrogen) atoms. The Labute approximate surface area is 107 Å². The topological polar surface area (TPSA) is 78.1 Å². The van der Waals surface area contributed by atoms with Gasteiger partial charge in [-0.3, -0.25) is 5.10 Å². The standard InChI is InChI=1S/C9H16N4O2S.ClH/c1-7-5-10-3-4-13(7)16(14,15)9-6-11-12-8(9)2;/h6-7,10H,3-5H2,1-2H3,(H,11,12);1H. The fourth-order valence-electron chi connectivity index (χ4n) is 1.91. The summed E-state index contributed by atoms with van der Waals surface area (Å²) in [7, 11) is -3.40. The number of hydrogen-bond acceptors (Lipinski definition) is 4. The molecule has 2 rings (SSSR count). The summed E-state index contributed by atoms with van der Waals surface area (Å²) in [6.07, 6.45) is 1.37. The monoisotopic (exact) mass is 280 g/mol. The quantitative estimate of drug-likeness (QED) is 0.807. The lowest BCUT2D eigenvalue weighted by Crippen LogP contribution is -2.52. The molecule has 2 N–H and O–H groups in total. The first-order chi connectivity index (χ1) is 7.53. The minimum atomic E-state index is -3.40. The highest BCUT2D eigenvalue weighted by Crippen LogP contribution is 2.20. The van der Waals surface area contributed by atoms with Crippen LogP contribution in [-0.2, 0) is 10.0 Å². The zero-order valence-corrected chi connectivity index (χ0v) is 11.4. The third kappa shape index (κ3) is 2.62. The number of halogens is 1. The van der Waals surface area contributed by atoms with Crippen molar-refractivity contribution in [3.8, 4) is 0 Å². The van der Waals surface area contributed by atoms with E-state index in [1.54, 1.807) is 6.92 Å². The minimum Gasteiger partial charge on any atom is -0.314 e. The van der Waals surface area contributed by atoms with Crippen LogP contribution in [-0.4, -0.2) is 48.6 Å². The molecule has 2 heterocycles. The molecular weight excluding hydrogens is 264 g/mol. The lowest BCUT2D eigenvalue weighted by Gasteiger charge is -2.32. The highest BCUT2D eigenvalue weighted by molar-refractivity contribution is 7.89. The van der Waals surface area contributed by atoms with E-state index in [1.165, 1.54) is 10.5 Å². The SMILES string of the molecule is Cc1[nH]ncc1S(=O)(=O)N1CCNCC1C.Cl. The Kier molecular flexibility index (Phi) is 4.54. The van der Waals surface area contributed by atoms with E-state index in [9.17, 15) is 8.42 Å². The molecule has 1 unspecified atom stereocenters. The average molecular weight is 281 g/mol. The molecule has 0 aromatic carbocycles. The summed E-state index contributed by atoms with van der Waals surface area (Å²) < 4.78 is 26.2. The number of rotatable bonds is 2. The number of hydrogen-bond donors (Lipinski definition) is 2. The van der Waals surface area contributed by atoms with Crippen LogP contribution in [0.4, 0.5) is 0 Å². The molecular formula is C9H17ClN4O2S. The molecule has 1 aromatic rings. The van der Waals surface area contributed by atoms with E-state index in [4.69, 9.17) is 0 Å². The molecule has 0 bridgehead atoms. The lowest BCUT2D eigenvalue weighted by molar-refractivity contribution is 0.284. The number of piperazine rings is 1. The molecule has 0 aliphatic carbocycles. The Hall–Kier alpha value is -0.630. The Morgan fingerprint density at radius 3 is 2.76 bits per heavy atom. The van der Waals surface area contributed by atoms with Gasteiger partial charge in [0.1, 0.15) is 4.90 Å². The fourth-order valence-corrected chi connectivity index (χ4v) is 3.66. The molecule has 6 nitrogen and oxygen atoms in total. The summed E-state index contributed by atoms with van der Waals surface area (Å²) in [5.41, 5.74) is 0.589. The summed E-state index contributed by atoms with van der Waals surface area (Å²) in [5, 5.41) is 9.59. The molecule has 1 aromatic heterocycles. The van der Waals surface area contributed by atoms with Crippen LogP contribution in [0.1, 0.15) is 12.6 Å². The van der Waals surface area contributed by atoms with Crippen molar-refractivity contribution in [2.45, 2.75) is 24.8 Å². The number of nitrogens with one attached hydrogen (secondary N) is 2. The van der Waals surface area contributed by atoms with Gasteiger partial charge in [0.2, 0.25) is 10.0 Å². The Balaban J connectivity index is 0.00000144. The van der Waals surface area contributed by atoms with Gasteiger partial charge < -0.3 is 5.32 Å². The molecule has 0 saturated carbocycles. The highest BCUT2D eigenvalue weighted by atomic mass is 35.5. The van der Waals surface area contributed by atoms with Gasteiger partial charge in [0.15, 0.2) is 0 Å². The Bertz CT molecular complexity index is 473. The summed E-state index contributed by atoms with van der Waals surface area (Å²) in [5.74, 6) is 0. The normalized spacial score (nSPS) is 22.1. The predicted octanol–water partition coefficient (Wildman–Crippen LogP) is 0.122. The van der Waals surface area contributed by atoms with Crippen LogP contribution < -0.4 is 5.32 Å². The van der Waals surface area contributed by atoms with Gasteiger partial charge in [-0.25, -0.2) is 8.42 Å². The van der Waals surface area contributed by atoms with Crippen LogP contribution in [0.15, 0.2) is 11.1 Å². The van der Waals surface area contributed by atoms with E-state index in [0.29, 0.717) is 25.3 Å². The second kappa shape index (κ2) is 5.34. The fraction of sp³-hybridized carbons (Fsp3) is 0.667. The van der Waals surface area contributed by atoms with E-state index >= 15 is 0 Å². The zero-order chi connectivity index (χ0) is 11.8. The van der Waals surface area contributed by atoms with Crippen LogP contribution in [0.3, 0.4) is 0 Å². The van der Waals surface area contributed by atoms with Crippen molar-refractivity contribution in [2.75, 3.05) is 19.6 Å². The smallest absolute Gasteiger partial charge is 0.246 e. The van der Waals surface area contributed by atoms with Gasteiger partial charge in [-0.1, -0.05) is 0 Å². The van der Waals surface area contributed by atoms with Crippen LogP contribution >= 0.6 is 12.4 Å². The number of aromatic amines is 1. The van der Waals surface area contributed by atoms with Crippen molar-refractivity contribution >= 4 is 22.4 Å². The lowest BCUT2D eigenvalue weighted by atomic mass is 10.3. The molecule has 98 valence electrons. The molecule has 0 amide bonds. The molecule has 1 aliphatic heterocycles. The number of nitrogens with zero attached hydrogens (tertiary/aromatic N) is 2. The van der Waals surface area contributed by atoms with E-state index in [0.717, 1.165) is 0 Å². The van der Waals surface area contributed by atoms with Crippen molar-refractivity contribution < 1.29 is 8.42 Å². The second-order valence-electron chi connectivity index (χ2n) is 4.03. The summed E-state index contributed by atoms with van der Waals surface area (Å²) >= 11 is 0.